The van der Waals surface area contributed by atoms with Gasteiger partial charge in [0.25, 0.3) is 11.8 Å². The minimum Gasteiger partial charge on any atom is -0.497 e. The van der Waals surface area contributed by atoms with E-state index in [0.29, 0.717) is 18.0 Å². The highest BCUT2D eigenvalue weighted by molar-refractivity contribution is 5.95. The molecule has 0 N–H and O–H groups in total. The number of ether oxygens (including phenoxy) is 1. The van der Waals surface area contributed by atoms with E-state index in [-0.39, 0.29) is 17.7 Å². The lowest BCUT2D eigenvalue weighted by atomic mass is 9.88. The van der Waals surface area contributed by atoms with Gasteiger partial charge in [0.1, 0.15) is 5.75 Å². The number of hydrogen-bond acceptors (Lipinski definition) is 3. The third kappa shape index (κ3) is 6.04. The Kier molecular flexibility index (Phi) is 7.88. The molecule has 2 amide bonds. The number of carbonyl (C=O) groups excluding carboxylic acids is 2. The maximum atomic E-state index is 13.4. The smallest absolute Gasteiger partial charge is 0.253 e. The maximum Gasteiger partial charge on any atom is 0.253 e. The molecule has 2 heterocycles. The standard InChI is InChI=1S/C32H36N2O3/c1-37-30-14-12-26(13-15-30)31(35)34-18-6-11-29(23-34)27-9-5-10-28(22-27)32(36)33-19-16-25(17-20-33)21-24-7-3-2-4-8-24/h2-5,7-10,12-15,22,25,29H,6,11,16-21,23H2,1H3/t29-/m1/s1. The molecule has 3 aromatic carbocycles. The quantitative estimate of drug-likeness (QED) is 0.433. The molecule has 0 unspecified atom stereocenters. The van der Waals surface area contributed by atoms with Crippen molar-refractivity contribution in [3.8, 4) is 5.75 Å². The van der Waals surface area contributed by atoms with E-state index in [1.165, 1.54) is 5.56 Å². The molecule has 2 aliphatic rings. The Morgan fingerprint density at radius 3 is 2.24 bits per heavy atom. The lowest BCUT2D eigenvalue weighted by Gasteiger charge is -2.34. The van der Waals surface area contributed by atoms with Gasteiger partial charge in [-0.05, 0) is 85.5 Å². The van der Waals surface area contributed by atoms with E-state index in [1.54, 1.807) is 7.11 Å². The number of likely N-dealkylation sites (tertiary alicyclic amines) is 2. The molecule has 5 nitrogen and oxygen atoms in total. The van der Waals surface area contributed by atoms with Crippen LogP contribution in [0.4, 0.5) is 0 Å². The average molecular weight is 497 g/mol. The molecule has 37 heavy (non-hydrogen) atoms. The third-order valence-electron chi connectivity index (χ3n) is 7.92. The number of methoxy groups -OCH3 is 1. The molecule has 5 rings (SSSR count). The Labute approximate surface area is 220 Å². The summed E-state index contributed by atoms with van der Waals surface area (Å²) in [5, 5.41) is 0. The van der Waals surface area contributed by atoms with Gasteiger partial charge in [-0.2, -0.15) is 0 Å². The van der Waals surface area contributed by atoms with Crippen LogP contribution in [0.5, 0.6) is 5.75 Å². The SMILES string of the molecule is COc1ccc(C(=O)N2CCC[C@@H](c3cccc(C(=O)N4CCC(Cc5ccccc5)CC4)c3)C2)cc1. The van der Waals surface area contributed by atoms with Gasteiger partial charge in [-0.25, -0.2) is 0 Å². The normalized spacial score (nSPS) is 18.5. The first-order valence-corrected chi connectivity index (χ1v) is 13.5. The highest BCUT2D eigenvalue weighted by Crippen LogP contribution is 2.29. The molecule has 0 radical (unpaired) electrons. The Morgan fingerprint density at radius 2 is 1.51 bits per heavy atom. The molecular weight excluding hydrogens is 460 g/mol. The molecule has 2 saturated heterocycles. The zero-order chi connectivity index (χ0) is 25.6. The van der Waals surface area contributed by atoms with Crippen LogP contribution in [0.15, 0.2) is 78.9 Å². The van der Waals surface area contributed by atoms with Crippen LogP contribution in [0, 0.1) is 5.92 Å². The average Bonchev–Trinajstić information content (AvgIpc) is 2.97. The highest BCUT2D eigenvalue weighted by Gasteiger charge is 2.27. The van der Waals surface area contributed by atoms with Crippen LogP contribution >= 0.6 is 0 Å². The number of carbonyl (C=O) groups is 2. The topological polar surface area (TPSA) is 49.9 Å². The molecule has 5 heteroatoms. The van der Waals surface area contributed by atoms with Gasteiger partial charge < -0.3 is 14.5 Å². The maximum absolute atomic E-state index is 13.4. The summed E-state index contributed by atoms with van der Waals surface area (Å²) in [5.41, 5.74) is 3.97. The van der Waals surface area contributed by atoms with Crippen molar-refractivity contribution >= 4 is 11.8 Å². The zero-order valence-electron chi connectivity index (χ0n) is 21.6. The first-order chi connectivity index (χ1) is 18.1. The van der Waals surface area contributed by atoms with Gasteiger partial charge in [-0.15, -0.1) is 0 Å². The Hall–Kier alpha value is -3.60. The van der Waals surface area contributed by atoms with Gasteiger partial charge in [0.2, 0.25) is 0 Å². The largest absolute Gasteiger partial charge is 0.497 e. The Morgan fingerprint density at radius 1 is 0.784 bits per heavy atom. The van der Waals surface area contributed by atoms with Crippen molar-refractivity contribution < 1.29 is 14.3 Å². The third-order valence-corrected chi connectivity index (χ3v) is 7.92. The summed E-state index contributed by atoms with van der Waals surface area (Å²) in [5.74, 6) is 1.80. The van der Waals surface area contributed by atoms with E-state index in [2.05, 4.69) is 42.5 Å². The molecule has 0 aromatic heterocycles. The second-order valence-electron chi connectivity index (χ2n) is 10.4. The second-order valence-corrected chi connectivity index (χ2v) is 10.4. The minimum absolute atomic E-state index is 0.0537. The number of hydrogen-bond donors (Lipinski definition) is 0. The predicted octanol–water partition coefficient (Wildman–Crippen LogP) is 5.81. The molecule has 0 aliphatic carbocycles. The Bertz CT molecular complexity index is 1200. The van der Waals surface area contributed by atoms with Crippen molar-refractivity contribution in [2.75, 3.05) is 33.3 Å². The minimum atomic E-state index is 0.0537. The molecule has 2 aliphatic heterocycles. The van der Waals surface area contributed by atoms with E-state index in [4.69, 9.17) is 4.74 Å². The molecule has 192 valence electrons. The van der Waals surface area contributed by atoms with E-state index < -0.39 is 0 Å². The molecule has 0 spiro atoms. The van der Waals surface area contributed by atoms with Crippen LogP contribution in [0.2, 0.25) is 0 Å². The number of nitrogens with zero attached hydrogens (tertiary/aromatic N) is 2. The zero-order valence-corrected chi connectivity index (χ0v) is 21.6. The van der Waals surface area contributed by atoms with Gasteiger partial charge in [0, 0.05) is 43.2 Å². The fraction of sp³-hybridized carbons (Fsp3) is 0.375. The van der Waals surface area contributed by atoms with Crippen LogP contribution in [0.25, 0.3) is 0 Å². The molecule has 1 atom stereocenters. The first kappa shape index (κ1) is 25.1. The summed E-state index contributed by atoms with van der Waals surface area (Å²) in [6.45, 7) is 3.06. The van der Waals surface area contributed by atoms with E-state index in [9.17, 15) is 9.59 Å². The summed E-state index contributed by atoms with van der Waals surface area (Å²) in [4.78, 5) is 30.4. The van der Waals surface area contributed by atoms with Crippen LogP contribution in [0.1, 0.15) is 63.4 Å². The highest BCUT2D eigenvalue weighted by atomic mass is 16.5. The van der Waals surface area contributed by atoms with Crippen molar-refractivity contribution in [1.82, 2.24) is 9.80 Å². The van der Waals surface area contributed by atoms with Crippen LogP contribution in [-0.2, 0) is 6.42 Å². The van der Waals surface area contributed by atoms with Crippen LogP contribution in [0.3, 0.4) is 0 Å². The van der Waals surface area contributed by atoms with E-state index in [1.807, 2.05) is 46.2 Å². The van der Waals surface area contributed by atoms with Crippen LogP contribution < -0.4 is 4.74 Å². The fourth-order valence-electron chi connectivity index (χ4n) is 5.75. The lowest BCUT2D eigenvalue weighted by Crippen LogP contribution is -2.39. The second kappa shape index (κ2) is 11.6. The van der Waals surface area contributed by atoms with Crippen molar-refractivity contribution in [3.63, 3.8) is 0 Å². The van der Waals surface area contributed by atoms with Gasteiger partial charge in [0.05, 0.1) is 7.11 Å². The number of amides is 2. The van der Waals surface area contributed by atoms with Gasteiger partial charge >= 0.3 is 0 Å². The van der Waals surface area contributed by atoms with E-state index in [0.717, 1.165) is 68.6 Å². The van der Waals surface area contributed by atoms with Crippen molar-refractivity contribution in [2.45, 2.75) is 38.0 Å². The summed E-state index contributed by atoms with van der Waals surface area (Å²) in [7, 11) is 1.62. The lowest BCUT2D eigenvalue weighted by molar-refractivity contribution is 0.0684. The van der Waals surface area contributed by atoms with Crippen molar-refractivity contribution in [2.24, 2.45) is 5.92 Å². The monoisotopic (exact) mass is 496 g/mol. The van der Waals surface area contributed by atoms with E-state index >= 15 is 0 Å². The molecule has 2 fully saturated rings. The number of rotatable bonds is 6. The van der Waals surface area contributed by atoms with Crippen molar-refractivity contribution in [1.29, 1.82) is 0 Å². The first-order valence-electron chi connectivity index (χ1n) is 13.5. The molecule has 0 bridgehead atoms. The number of benzene rings is 3. The van der Waals surface area contributed by atoms with Crippen LogP contribution in [-0.4, -0.2) is 54.9 Å². The summed E-state index contributed by atoms with van der Waals surface area (Å²) in [6, 6.07) is 26.0. The molecular formula is C32H36N2O3. The molecule has 3 aromatic rings. The summed E-state index contributed by atoms with van der Waals surface area (Å²) < 4.78 is 5.22. The number of piperidine rings is 2. The van der Waals surface area contributed by atoms with Gasteiger partial charge in [0.15, 0.2) is 0 Å². The predicted molar refractivity (Wildman–Crippen MR) is 146 cm³/mol. The van der Waals surface area contributed by atoms with Crippen molar-refractivity contribution in [3.05, 3.63) is 101 Å². The van der Waals surface area contributed by atoms with Gasteiger partial charge in [-0.1, -0.05) is 42.5 Å². The van der Waals surface area contributed by atoms with Gasteiger partial charge in [-0.3, -0.25) is 9.59 Å². The Balaban J connectivity index is 1.20. The summed E-state index contributed by atoms with van der Waals surface area (Å²) in [6.07, 6.45) is 5.16. The molecule has 0 saturated carbocycles. The summed E-state index contributed by atoms with van der Waals surface area (Å²) >= 11 is 0. The fourth-order valence-corrected chi connectivity index (χ4v) is 5.75.